The van der Waals surface area contributed by atoms with E-state index in [1.165, 1.54) is 25.8 Å². The third-order valence-corrected chi connectivity index (χ3v) is 4.54. The van der Waals surface area contributed by atoms with Crippen LogP contribution in [0.2, 0.25) is 0 Å². The van der Waals surface area contributed by atoms with E-state index < -0.39 is 0 Å². The van der Waals surface area contributed by atoms with Gasteiger partial charge in [0, 0.05) is 25.7 Å². The van der Waals surface area contributed by atoms with Gasteiger partial charge >= 0.3 is 0 Å². The molecule has 2 rings (SSSR count). The number of furan rings is 1. The van der Waals surface area contributed by atoms with Crippen molar-refractivity contribution in [2.45, 2.75) is 52.2 Å². The second-order valence-corrected chi connectivity index (χ2v) is 6.41. The molecule has 0 aliphatic carbocycles. The molecule has 1 unspecified atom stereocenters. The molecule has 0 radical (unpaired) electrons. The Morgan fingerprint density at radius 3 is 2.96 bits per heavy atom. The zero-order valence-electron chi connectivity index (χ0n) is 16.2. The Morgan fingerprint density at radius 2 is 2.23 bits per heavy atom. The number of piperidine rings is 1. The molecule has 150 valence electrons. The number of nitrogens with zero attached hydrogens (tertiary/aromatic N) is 2. The molecule has 1 aliphatic rings. The van der Waals surface area contributed by atoms with Gasteiger partial charge in [-0.25, -0.2) is 0 Å². The van der Waals surface area contributed by atoms with Crippen molar-refractivity contribution in [3.05, 3.63) is 24.2 Å². The standard InChI is InChI=1S/C19H34N4O2.HI/c1-3-20-19(22-15-17-9-5-6-12-23(17)4-2)21-11-8-13-24-16-18-10-7-14-25-18;/h7,10,14,17H,3-6,8-9,11-13,15-16H2,1-2H3,(H2,20,21,22);1H. The Kier molecular flexibility index (Phi) is 12.8. The number of ether oxygens (including phenoxy) is 1. The summed E-state index contributed by atoms with van der Waals surface area (Å²) in [5.74, 6) is 1.78. The van der Waals surface area contributed by atoms with Gasteiger partial charge in [-0.05, 0) is 51.4 Å². The fraction of sp³-hybridized carbons (Fsp3) is 0.737. The first-order valence-electron chi connectivity index (χ1n) is 9.69. The molecule has 6 nitrogen and oxygen atoms in total. The summed E-state index contributed by atoms with van der Waals surface area (Å²) in [4.78, 5) is 7.35. The molecule has 1 saturated heterocycles. The van der Waals surface area contributed by atoms with Crippen molar-refractivity contribution in [1.29, 1.82) is 0 Å². The van der Waals surface area contributed by atoms with Gasteiger partial charge in [-0.15, -0.1) is 24.0 Å². The summed E-state index contributed by atoms with van der Waals surface area (Å²) in [5, 5.41) is 6.74. The summed E-state index contributed by atoms with van der Waals surface area (Å²) >= 11 is 0. The lowest BCUT2D eigenvalue weighted by Crippen LogP contribution is -2.43. The highest BCUT2D eigenvalue weighted by Crippen LogP contribution is 2.16. The molecule has 1 aliphatic heterocycles. The van der Waals surface area contributed by atoms with Crippen molar-refractivity contribution >= 4 is 29.9 Å². The second-order valence-electron chi connectivity index (χ2n) is 6.41. The van der Waals surface area contributed by atoms with Gasteiger partial charge in [0.25, 0.3) is 0 Å². The monoisotopic (exact) mass is 478 g/mol. The average Bonchev–Trinajstić information content (AvgIpc) is 3.16. The average molecular weight is 478 g/mol. The molecule has 2 heterocycles. The van der Waals surface area contributed by atoms with Crippen molar-refractivity contribution in [2.24, 2.45) is 4.99 Å². The highest BCUT2D eigenvalue weighted by Gasteiger charge is 2.20. The molecular formula is C19H35IN4O2. The number of rotatable bonds is 10. The molecule has 1 fully saturated rings. The smallest absolute Gasteiger partial charge is 0.191 e. The number of likely N-dealkylation sites (N-methyl/N-ethyl adjacent to an activating group) is 1. The molecule has 1 aromatic rings. The van der Waals surface area contributed by atoms with Gasteiger partial charge in [0.2, 0.25) is 0 Å². The molecule has 0 spiro atoms. The number of likely N-dealkylation sites (tertiary alicyclic amines) is 1. The van der Waals surface area contributed by atoms with E-state index in [-0.39, 0.29) is 24.0 Å². The van der Waals surface area contributed by atoms with Crippen LogP contribution in [0, 0.1) is 0 Å². The van der Waals surface area contributed by atoms with Crippen LogP contribution in [0.5, 0.6) is 0 Å². The molecular weight excluding hydrogens is 443 g/mol. The van der Waals surface area contributed by atoms with Crippen molar-refractivity contribution < 1.29 is 9.15 Å². The van der Waals surface area contributed by atoms with Gasteiger partial charge in [-0.1, -0.05) is 13.3 Å². The molecule has 0 saturated carbocycles. The highest BCUT2D eigenvalue weighted by atomic mass is 127. The van der Waals surface area contributed by atoms with Crippen LogP contribution < -0.4 is 10.6 Å². The van der Waals surface area contributed by atoms with Crippen molar-refractivity contribution in [3.8, 4) is 0 Å². The fourth-order valence-corrected chi connectivity index (χ4v) is 3.17. The van der Waals surface area contributed by atoms with Crippen molar-refractivity contribution in [2.75, 3.05) is 39.3 Å². The van der Waals surface area contributed by atoms with Gasteiger partial charge in [-0.3, -0.25) is 9.89 Å². The predicted molar refractivity (Wildman–Crippen MR) is 117 cm³/mol. The SMILES string of the molecule is CCNC(=NCC1CCCCN1CC)NCCCOCc1ccco1.I. The van der Waals surface area contributed by atoms with Gasteiger partial charge in [-0.2, -0.15) is 0 Å². The zero-order chi connectivity index (χ0) is 17.7. The number of halogens is 1. The van der Waals surface area contributed by atoms with Gasteiger partial charge in [0.15, 0.2) is 5.96 Å². The predicted octanol–water partition coefficient (Wildman–Crippen LogP) is 3.23. The van der Waals surface area contributed by atoms with E-state index in [0.29, 0.717) is 19.3 Å². The largest absolute Gasteiger partial charge is 0.467 e. The highest BCUT2D eigenvalue weighted by molar-refractivity contribution is 14.0. The van der Waals surface area contributed by atoms with Crippen LogP contribution in [-0.2, 0) is 11.3 Å². The van der Waals surface area contributed by atoms with Gasteiger partial charge in [0.05, 0.1) is 12.8 Å². The number of hydrogen-bond acceptors (Lipinski definition) is 4. The molecule has 1 atom stereocenters. The topological polar surface area (TPSA) is 62.0 Å². The summed E-state index contributed by atoms with van der Waals surface area (Å²) in [5.41, 5.74) is 0. The van der Waals surface area contributed by atoms with Crippen LogP contribution in [0.1, 0.15) is 45.3 Å². The number of guanidine groups is 1. The van der Waals surface area contributed by atoms with Crippen LogP contribution in [-0.4, -0.2) is 56.2 Å². The lowest BCUT2D eigenvalue weighted by atomic mass is 10.0. The van der Waals surface area contributed by atoms with Crippen molar-refractivity contribution in [1.82, 2.24) is 15.5 Å². The molecule has 26 heavy (non-hydrogen) atoms. The number of hydrogen-bond donors (Lipinski definition) is 2. The Labute approximate surface area is 175 Å². The molecule has 0 bridgehead atoms. The molecule has 1 aromatic heterocycles. The van der Waals surface area contributed by atoms with E-state index >= 15 is 0 Å². The first kappa shape index (κ1) is 23.2. The summed E-state index contributed by atoms with van der Waals surface area (Å²) in [6, 6.07) is 4.40. The molecule has 2 N–H and O–H groups in total. The fourth-order valence-electron chi connectivity index (χ4n) is 3.17. The van der Waals surface area contributed by atoms with E-state index in [2.05, 4.69) is 29.4 Å². The lowest BCUT2D eigenvalue weighted by molar-refractivity contribution is 0.105. The third-order valence-electron chi connectivity index (χ3n) is 4.54. The minimum atomic E-state index is 0. The first-order valence-corrected chi connectivity index (χ1v) is 9.69. The lowest BCUT2D eigenvalue weighted by Gasteiger charge is -2.33. The Hall–Kier alpha value is -0.800. The zero-order valence-corrected chi connectivity index (χ0v) is 18.5. The maximum absolute atomic E-state index is 5.60. The molecule has 0 amide bonds. The summed E-state index contributed by atoms with van der Waals surface area (Å²) in [7, 11) is 0. The summed E-state index contributed by atoms with van der Waals surface area (Å²) < 4.78 is 10.8. The van der Waals surface area contributed by atoms with E-state index in [9.17, 15) is 0 Å². The maximum atomic E-state index is 5.60. The third kappa shape index (κ3) is 8.73. The number of nitrogens with one attached hydrogen (secondary N) is 2. The quantitative estimate of drug-likeness (QED) is 0.234. The summed E-state index contributed by atoms with van der Waals surface area (Å²) in [6.45, 7) is 10.5. The van der Waals surface area contributed by atoms with E-state index in [4.69, 9.17) is 14.1 Å². The van der Waals surface area contributed by atoms with E-state index in [0.717, 1.165) is 44.3 Å². The van der Waals surface area contributed by atoms with Crippen LogP contribution in [0.25, 0.3) is 0 Å². The van der Waals surface area contributed by atoms with Crippen LogP contribution in [0.3, 0.4) is 0 Å². The summed E-state index contributed by atoms with van der Waals surface area (Å²) in [6.07, 6.45) is 6.52. The minimum Gasteiger partial charge on any atom is -0.467 e. The van der Waals surface area contributed by atoms with E-state index in [1.807, 2.05) is 12.1 Å². The van der Waals surface area contributed by atoms with Crippen LogP contribution >= 0.6 is 24.0 Å². The normalized spacial score (nSPS) is 18.4. The van der Waals surface area contributed by atoms with Gasteiger partial charge in [0.1, 0.15) is 12.4 Å². The van der Waals surface area contributed by atoms with Gasteiger partial charge < -0.3 is 19.8 Å². The van der Waals surface area contributed by atoms with Crippen LogP contribution in [0.15, 0.2) is 27.8 Å². The Balaban J connectivity index is 0.00000338. The van der Waals surface area contributed by atoms with Crippen LogP contribution in [0.4, 0.5) is 0 Å². The molecule has 7 heteroatoms. The molecule has 0 aromatic carbocycles. The van der Waals surface area contributed by atoms with Crippen molar-refractivity contribution in [3.63, 3.8) is 0 Å². The maximum Gasteiger partial charge on any atom is 0.191 e. The minimum absolute atomic E-state index is 0. The Bertz CT molecular complexity index is 482. The second kappa shape index (κ2) is 14.3. The Morgan fingerprint density at radius 1 is 1.35 bits per heavy atom. The number of aliphatic imine (C=N–C) groups is 1. The first-order chi connectivity index (χ1) is 12.3. The van der Waals surface area contributed by atoms with E-state index in [1.54, 1.807) is 6.26 Å².